The Morgan fingerprint density at radius 1 is 0.615 bits per heavy atom. The fourth-order valence-electron chi connectivity index (χ4n) is 6.90. The van der Waals surface area contributed by atoms with E-state index in [0.717, 1.165) is 70.6 Å². The molecule has 1 fully saturated rings. The van der Waals surface area contributed by atoms with E-state index in [-0.39, 0.29) is 19.4 Å². The monoisotopic (exact) mass is 910 g/mol. The fourth-order valence-corrected chi connectivity index (χ4v) is 6.90. The summed E-state index contributed by atoms with van der Waals surface area (Å²) in [4.78, 5) is 26.2. The number of unbranched alkanes of at least 4 members (excludes halogenated alkanes) is 14. The summed E-state index contributed by atoms with van der Waals surface area (Å²) in [6.07, 6.45) is 44.4. The third-order valence-electron chi connectivity index (χ3n) is 10.9. The van der Waals surface area contributed by atoms with E-state index in [4.69, 9.17) is 14.2 Å². The van der Waals surface area contributed by atoms with Crippen molar-refractivity contribution in [2.24, 2.45) is 0 Å². The molecule has 0 radical (unpaired) electrons. The number of esters is 1. The van der Waals surface area contributed by atoms with Crippen LogP contribution in [0.2, 0.25) is 0 Å². The summed E-state index contributed by atoms with van der Waals surface area (Å²) in [5, 5.41) is 56.4. The molecule has 0 aliphatic carbocycles. The summed E-state index contributed by atoms with van der Waals surface area (Å²) >= 11 is 0. The molecule has 8 atom stereocenters. The highest BCUT2D eigenvalue weighted by Gasteiger charge is 2.47. The van der Waals surface area contributed by atoms with Gasteiger partial charge in [-0.3, -0.25) is 9.59 Å². The summed E-state index contributed by atoms with van der Waals surface area (Å²) in [6, 6.07) is -1.06. The second kappa shape index (κ2) is 41.7. The van der Waals surface area contributed by atoms with E-state index >= 15 is 0 Å². The van der Waals surface area contributed by atoms with Crippen LogP contribution in [0.1, 0.15) is 156 Å². The van der Waals surface area contributed by atoms with Gasteiger partial charge in [-0.1, -0.05) is 194 Å². The largest absolute Gasteiger partial charge is 0.454 e. The second-order valence-corrected chi connectivity index (χ2v) is 16.6. The van der Waals surface area contributed by atoms with Gasteiger partial charge in [-0.25, -0.2) is 0 Å². The molecule has 11 nitrogen and oxygen atoms in total. The smallest absolute Gasteiger partial charge is 0.306 e. The maximum Gasteiger partial charge on any atom is 0.306 e. The normalized spacial score (nSPS) is 21.3. The van der Waals surface area contributed by atoms with Crippen LogP contribution < -0.4 is 5.32 Å². The Hall–Kier alpha value is -3.68. The molecule has 1 aliphatic heterocycles. The second-order valence-electron chi connectivity index (χ2n) is 16.6. The molecule has 1 heterocycles. The van der Waals surface area contributed by atoms with Gasteiger partial charge in [-0.15, -0.1) is 0 Å². The minimum absolute atomic E-state index is 0.0658. The Kier molecular flexibility index (Phi) is 38.1. The number of carbonyl (C=O) groups is 2. The quantitative estimate of drug-likeness (QED) is 0.0151. The molecular formula is C54H87NO10. The summed E-state index contributed by atoms with van der Waals surface area (Å²) in [5.41, 5.74) is 0. The van der Waals surface area contributed by atoms with Crippen molar-refractivity contribution in [3.63, 3.8) is 0 Å². The number of aliphatic hydroxyl groups is 5. The summed E-state index contributed by atoms with van der Waals surface area (Å²) < 4.78 is 17.4. The molecule has 1 rings (SSSR count). The highest BCUT2D eigenvalue weighted by Crippen LogP contribution is 2.26. The van der Waals surface area contributed by atoms with Gasteiger partial charge < -0.3 is 45.1 Å². The average molecular weight is 910 g/mol. The Morgan fingerprint density at radius 2 is 1.11 bits per heavy atom. The highest BCUT2D eigenvalue weighted by atomic mass is 16.7. The van der Waals surface area contributed by atoms with E-state index in [0.29, 0.717) is 12.8 Å². The van der Waals surface area contributed by atoms with Crippen molar-refractivity contribution in [3.8, 4) is 0 Å². The molecule has 8 unspecified atom stereocenters. The third-order valence-corrected chi connectivity index (χ3v) is 10.9. The predicted molar refractivity (Wildman–Crippen MR) is 264 cm³/mol. The zero-order chi connectivity index (χ0) is 47.6. The minimum Gasteiger partial charge on any atom is -0.454 e. The van der Waals surface area contributed by atoms with E-state index in [1.54, 1.807) is 6.08 Å². The molecule has 65 heavy (non-hydrogen) atoms. The average Bonchev–Trinajstić information content (AvgIpc) is 3.30. The third kappa shape index (κ3) is 31.0. The molecule has 0 aromatic rings. The van der Waals surface area contributed by atoms with Gasteiger partial charge in [-0.05, 0) is 64.2 Å². The molecule has 1 amide bonds. The van der Waals surface area contributed by atoms with Crippen molar-refractivity contribution < 1.29 is 49.3 Å². The van der Waals surface area contributed by atoms with Crippen molar-refractivity contribution in [2.45, 2.75) is 205 Å². The lowest BCUT2D eigenvalue weighted by molar-refractivity contribution is -0.305. The molecule has 1 saturated heterocycles. The van der Waals surface area contributed by atoms with Gasteiger partial charge in [0.1, 0.15) is 24.4 Å². The number of rotatable bonds is 38. The van der Waals surface area contributed by atoms with Crippen molar-refractivity contribution in [3.05, 3.63) is 109 Å². The lowest BCUT2D eigenvalue weighted by atomic mass is 9.99. The van der Waals surface area contributed by atoms with E-state index in [9.17, 15) is 35.1 Å². The Morgan fingerprint density at radius 3 is 1.66 bits per heavy atom. The summed E-state index contributed by atoms with van der Waals surface area (Å²) in [5.74, 6) is -1.29. The number of aliphatic hydroxyl groups excluding tert-OH is 5. The SMILES string of the molecule is CC/C=C/C=C/C=C\C=C/CCCCCC(=O)OC1C(OCC(NC(=O)C(O)CCCC\C=C/C=C\C=C\C=C\CC)C(O)/C=C/CCCCCCCCCCC)OC(CO)C(O)C1O. The lowest BCUT2D eigenvalue weighted by Crippen LogP contribution is -2.61. The van der Waals surface area contributed by atoms with Crippen LogP contribution in [0, 0.1) is 0 Å². The Bertz CT molecular complexity index is 1460. The molecular weight excluding hydrogens is 823 g/mol. The first-order valence-electron chi connectivity index (χ1n) is 24.8. The Balaban J connectivity index is 2.87. The van der Waals surface area contributed by atoms with E-state index in [1.807, 2.05) is 85.1 Å². The molecule has 0 spiro atoms. The van der Waals surface area contributed by atoms with E-state index in [1.165, 1.54) is 38.5 Å². The number of nitrogens with one attached hydrogen (secondary N) is 1. The van der Waals surface area contributed by atoms with Crippen LogP contribution in [0.5, 0.6) is 0 Å². The van der Waals surface area contributed by atoms with Gasteiger partial charge >= 0.3 is 5.97 Å². The molecule has 6 N–H and O–H groups in total. The molecule has 1 aliphatic rings. The van der Waals surface area contributed by atoms with Crippen LogP contribution in [-0.4, -0.2) is 99.6 Å². The van der Waals surface area contributed by atoms with Crippen LogP contribution >= 0.6 is 0 Å². The van der Waals surface area contributed by atoms with Gasteiger partial charge in [0.05, 0.1) is 25.4 Å². The zero-order valence-corrected chi connectivity index (χ0v) is 40.1. The molecule has 0 aromatic heterocycles. The van der Waals surface area contributed by atoms with Gasteiger partial charge in [0.25, 0.3) is 0 Å². The number of allylic oxidation sites excluding steroid dienone is 17. The first-order valence-corrected chi connectivity index (χ1v) is 24.8. The number of hydrogen-bond acceptors (Lipinski definition) is 10. The number of hydrogen-bond donors (Lipinski definition) is 6. The van der Waals surface area contributed by atoms with Gasteiger partial charge in [0, 0.05) is 6.42 Å². The first-order chi connectivity index (χ1) is 31.7. The summed E-state index contributed by atoms with van der Waals surface area (Å²) in [7, 11) is 0. The zero-order valence-electron chi connectivity index (χ0n) is 40.1. The molecule has 368 valence electrons. The van der Waals surface area contributed by atoms with Gasteiger partial charge in [0.2, 0.25) is 5.91 Å². The predicted octanol–water partition coefficient (Wildman–Crippen LogP) is 9.82. The van der Waals surface area contributed by atoms with Crippen LogP contribution in [-0.2, 0) is 23.8 Å². The highest BCUT2D eigenvalue weighted by molar-refractivity contribution is 5.80. The number of carbonyl (C=O) groups excluding carboxylic acids is 2. The van der Waals surface area contributed by atoms with Crippen molar-refractivity contribution >= 4 is 11.9 Å². The van der Waals surface area contributed by atoms with Crippen LogP contribution in [0.3, 0.4) is 0 Å². The van der Waals surface area contributed by atoms with Gasteiger partial charge in [-0.2, -0.15) is 0 Å². The fraction of sp³-hybridized carbons (Fsp3) is 0.630. The van der Waals surface area contributed by atoms with E-state index in [2.05, 4.69) is 44.3 Å². The van der Waals surface area contributed by atoms with Crippen LogP contribution in [0.4, 0.5) is 0 Å². The lowest BCUT2D eigenvalue weighted by Gasteiger charge is -2.41. The first kappa shape index (κ1) is 59.3. The maximum absolute atomic E-state index is 13.3. The standard InChI is InChI=1S/C54H87NO10/c1-4-7-10-13-16-19-22-24-27-30-33-36-39-42-49(59)65-52-51(61)50(60)48(43-56)64-54(52)63-44-45(46(57)40-37-34-31-28-25-21-18-15-12-9-6-3)55-53(62)47(58)41-38-35-32-29-26-23-20-17-14-11-8-5-2/h7-8,10-11,13-14,16-17,19-20,22-24,26-27,29,37,40,45-48,50-52,54,56-58,60-61H,4-6,9,12,15,18,21,25,28,30-36,38-39,41-44H2,1-3H3,(H,55,62)/b10-7+,11-8+,16-13+,17-14+,22-19-,23-20-,27-24-,29-26-,40-37+. The minimum atomic E-state index is -1.64. The van der Waals surface area contributed by atoms with Crippen LogP contribution in [0.25, 0.3) is 0 Å². The molecule has 0 saturated carbocycles. The van der Waals surface area contributed by atoms with Crippen LogP contribution in [0.15, 0.2) is 109 Å². The molecule has 0 aromatic carbocycles. The molecule has 0 bridgehead atoms. The number of ether oxygens (including phenoxy) is 3. The van der Waals surface area contributed by atoms with Crippen molar-refractivity contribution in [1.29, 1.82) is 0 Å². The molecule has 11 heteroatoms. The Labute approximate surface area is 392 Å². The van der Waals surface area contributed by atoms with E-state index < -0.39 is 67.4 Å². The van der Waals surface area contributed by atoms with Gasteiger partial charge in [0.15, 0.2) is 12.4 Å². The summed E-state index contributed by atoms with van der Waals surface area (Å²) in [6.45, 7) is 5.38. The van der Waals surface area contributed by atoms with Crippen molar-refractivity contribution in [1.82, 2.24) is 5.32 Å². The topological polar surface area (TPSA) is 175 Å². The van der Waals surface area contributed by atoms with Crippen molar-refractivity contribution in [2.75, 3.05) is 13.2 Å². The maximum atomic E-state index is 13.3. The number of amides is 1.